The first-order valence-electron chi connectivity index (χ1n) is 14.6. The quantitative estimate of drug-likeness (QED) is 0.167. The zero-order chi connectivity index (χ0) is 32.5. The molecule has 1 atom stereocenters. The summed E-state index contributed by atoms with van der Waals surface area (Å²) in [4.78, 5) is 21.1. The Morgan fingerprint density at radius 2 is 1.96 bits per heavy atom. The first-order valence-corrected chi connectivity index (χ1v) is 16.5. The summed E-state index contributed by atoms with van der Waals surface area (Å²) in [6.45, 7) is 5.83. The molecule has 11 nitrogen and oxygen atoms in total. The van der Waals surface area contributed by atoms with Gasteiger partial charge in [-0.25, -0.2) is 19.4 Å². The fraction of sp³-hybridized carbons (Fsp3) is 0.517. The maximum absolute atomic E-state index is 13.1. The number of alkyl halides is 3. The highest BCUT2D eigenvalue weighted by molar-refractivity contribution is 7.90. The molecule has 2 aliphatic rings. The number of hydrogen-bond donors (Lipinski definition) is 3. The SMILES string of the molecule is CC1(C)CC(CCCNc2cccc(S(=O)(=O)NC(=O)c3ccc(-n4ccc(OCCC5(C(F)(F)F)CC5)n4)nc3Cl)n2)CN1. The zero-order valence-electron chi connectivity index (χ0n) is 24.8. The second kappa shape index (κ2) is 12.8. The van der Waals surface area contributed by atoms with Gasteiger partial charge in [-0.15, -0.1) is 5.10 Å². The van der Waals surface area contributed by atoms with E-state index < -0.39 is 27.5 Å². The number of nitrogens with zero attached hydrogens (tertiary/aromatic N) is 4. The van der Waals surface area contributed by atoms with Crippen molar-refractivity contribution in [3.63, 3.8) is 0 Å². The van der Waals surface area contributed by atoms with Crippen LogP contribution in [0.5, 0.6) is 5.88 Å². The molecule has 1 amide bonds. The van der Waals surface area contributed by atoms with Crippen molar-refractivity contribution in [1.29, 1.82) is 0 Å². The van der Waals surface area contributed by atoms with Gasteiger partial charge < -0.3 is 15.4 Å². The maximum Gasteiger partial charge on any atom is 0.394 e. The van der Waals surface area contributed by atoms with Crippen LogP contribution >= 0.6 is 11.6 Å². The number of rotatable bonds is 13. The highest BCUT2D eigenvalue weighted by Crippen LogP contribution is 2.59. The van der Waals surface area contributed by atoms with Gasteiger partial charge in [0, 0.05) is 24.3 Å². The van der Waals surface area contributed by atoms with Gasteiger partial charge in [0.05, 0.1) is 17.6 Å². The number of anilines is 1. The first kappa shape index (κ1) is 32.9. The minimum absolute atomic E-state index is 0.0929. The largest absolute Gasteiger partial charge is 0.477 e. The Morgan fingerprint density at radius 1 is 1.18 bits per heavy atom. The zero-order valence-corrected chi connectivity index (χ0v) is 26.4. The molecule has 0 spiro atoms. The van der Waals surface area contributed by atoms with Crippen LogP contribution in [-0.4, -0.2) is 65.5 Å². The third-order valence-electron chi connectivity index (χ3n) is 8.15. The maximum atomic E-state index is 13.1. The summed E-state index contributed by atoms with van der Waals surface area (Å²) < 4.78 is 73.9. The Bertz CT molecular complexity index is 1640. The van der Waals surface area contributed by atoms with Gasteiger partial charge in [0.1, 0.15) is 11.0 Å². The molecule has 5 rings (SSSR count). The summed E-state index contributed by atoms with van der Waals surface area (Å²) in [6.07, 6.45) is 0.276. The van der Waals surface area contributed by atoms with Crippen LogP contribution < -0.4 is 20.1 Å². The number of carbonyl (C=O) groups excluding carboxylic acids is 1. The highest BCUT2D eigenvalue weighted by atomic mass is 35.5. The molecule has 1 saturated heterocycles. The van der Waals surface area contributed by atoms with Gasteiger partial charge in [-0.2, -0.15) is 21.6 Å². The van der Waals surface area contributed by atoms with Crippen molar-refractivity contribution in [2.24, 2.45) is 11.3 Å². The first-order chi connectivity index (χ1) is 21.2. The standard InChI is InChI=1S/C29H35ClF3N7O4S/c1-27(2)17-19(18-35-27)5-4-14-34-21-6-3-7-24(36-21)45(42,43)39-26(41)20-8-9-22(37-25(20)30)40-15-10-23(38-40)44-16-13-28(11-12-28)29(31,32)33/h3,6-10,15,19,35H,4-5,11-14,16-18H2,1-2H3,(H,34,36)(H,39,41). The second-order valence-corrected chi connectivity index (χ2v) is 14.2. The van der Waals surface area contributed by atoms with E-state index in [0.717, 1.165) is 25.8 Å². The van der Waals surface area contributed by atoms with Gasteiger partial charge in [-0.05, 0) is 89.1 Å². The van der Waals surface area contributed by atoms with Crippen molar-refractivity contribution in [3.05, 3.63) is 53.3 Å². The minimum atomic E-state index is -4.34. The molecular formula is C29H35ClF3N7O4S. The van der Waals surface area contributed by atoms with Gasteiger partial charge in [0.2, 0.25) is 5.88 Å². The number of aromatic nitrogens is 4. The summed E-state index contributed by atoms with van der Waals surface area (Å²) in [6, 6.07) is 8.59. The molecule has 45 heavy (non-hydrogen) atoms. The van der Waals surface area contributed by atoms with Crippen molar-refractivity contribution < 1.29 is 31.1 Å². The molecule has 1 aliphatic heterocycles. The number of pyridine rings is 2. The average Bonchev–Trinajstić information content (AvgIpc) is 3.49. The topological polar surface area (TPSA) is 140 Å². The Balaban J connectivity index is 1.14. The van der Waals surface area contributed by atoms with Crippen LogP contribution in [0.15, 0.2) is 47.6 Å². The van der Waals surface area contributed by atoms with Crippen LogP contribution in [0.3, 0.4) is 0 Å². The number of amides is 1. The number of halogens is 4. The van der Waals surface area contributed by atoms with Crippen molar-refractivity contribution >= 4 is 33.3 Å². The van der Waals surface area contributed by atoms with Crippen molar-refractivity contribution in [2.45, 2.75) is 69.1 Å². The Morgan fingerprint density at radius 3 is 2.62 bits per heavy atom. The lowest BCUT2D eigenvalue weighted by Gasteiger charge is -2.18. The fourth-order valence-corrected chi connectivity index (χ4v) is 6.57. The molecule has 2 fully saturated rings. The van der Waals surface area contributed by atoms with E-state index in [1.54, 1.807) is 6.07 Å². The van der Waals surface area contributed by atoms with Gasteiger partial charge in [-0.3, -0.25) is 4.79 Å². The van der Waals surface area contributed by atoms with Gasteiger partial charge in [-0.1, -0.05) is 17.7 Å². The molecule has 1 unspecified atom stereocenters. The molecule has 16 heteroatoms. The van der Waals surface area contributed by atoms with Crippen molar-refractivity contribution in [2.75, 3.05) is 25.0 Å². The molecule has 0 radical (unpaired) electrons. The van der Waals surface area contributed by atoms with Crippen LogP contribution in [-0.2, 0) is 10.0 Å². The van der Waals surface area contributed by atoms with Gasteiger partial charge in [0.25, 0.3) is 15.9 Å². The van der Waals surface area contributed by atoms with Crippen LogP contribution in [0.25, 0.3) is 5.82 Å². The smallest absolute Gasteiger partial charge is 0.394 e. The summed E-state index contributed by atoms with van der Waals surface area (Å²) >= 11 is 6.22. The molecule has 0 aromatic carbocycles. The monoisotopic (exact) mass is 669 g/mol. The number of ether oxygens (including phenoxy) is 1. The molecule has 1 saturated carbocycles. The molecule has 1 aliphatic carbocycles. The Labute approximate surface area is 264 Å². The van der Waals surface area contributed by atoms with E-state index in [4.69, 9.17) is 16.3 Å². The Hall–Kier alpha value is -3.43. The van der Waals surface area contributed by atoms with Gasteiger partial charge >= 0.3 is 6.18 Å². The number of sulfonamides is 1. The molecule has 3 aromatic rings. The molecule has 3 N–H and O–H groups in total. The van der Waals surface area contributed by atoms with E-state index in [-0.39, 0.29) is 58.8 Å². The highest BCUT2D eigenvalue weighted by Gasteiger charge is 2.62. The van der Waals surface area contributed by atoms with E-state index in [1.807, 2.05) is 4.72 Å². The molecule has 244 valence electrons. The minimum Gasteiger partial charge on any atom is -0.477 e. The van der Waals surface area contributed by atoms with Gasteiger partial charge in [0.15, 0.2) is 10.8 Å². The lowest BCUT2D eigenvalue weighted by Crippen LogP contribution is -2.31. The number of hydrogen-bond acceptors (Lipinski definition) is 9. The van der Waals surface area contributed by atoms with Crippen LogP contribution in [0.2, 0.25) is 5.15 Å². The van der Waals surface area contributed by atoms with Crippen LogP contribution in [0, 0.1) is 11.3 Å². The van der Waals surface area contributed by atoms with E-state index in [0.29, 0.717) is 18.3 Å². The average molecular weight is 670 g/mol. The normalized spacial score (nSPS) is 18.8. The van der Waals surface area contributed by atoms with E-state index in [2.05, 4.69) is 39.5 Å². The van der Waals surface area contributed by atoms with Crippen molar-refractivity contribution in [1.82, 2.24) is 29.8 Å². The summed E-state index contributed by atoms with van der Waals surface area (Å²) in [7, 11) is -4.34. The molecule has 4 heterocycles. The summed E-state index contributed by atoms with van der Waals surface area (Å²) in [5.74, 6) is 0.233. The summed E-state index contributed by atoms with van der Waals surface area (Å²) in [5, 5.41) is 10.2. The van der Waals surface area contributed by atoms with E-state index >= 15 is 0 Å². The fourth-order valence-electron chi connectivity index (χ4n) is 5.40. The van der Waals surface area contributed by atoms with Crippen LogP contribution in [0.4, 0.5) is 19.0 Å². The molecule has 0 bridgehead atoms. The second-order valence-electron chi connectivity index (χ2n) is 12.2. The number of nitrogens with one attached hydrogen (secondary N) is 3. The Kier molecular flexibility index (Phi) is 9.34. The lowest BCUT2D eigenvalue weighted by atomic mass is 9.94. The third-order valence-corrected chi connectivity index (χ3v) is 9.67. The van der Waals surface area contributed by atoms with Crippen LogP contribution in [0.1, 0.15) is 62.7 Å². The predicted molar refractivity (Wildman–Crippen MR) is 161 cm³/mol. The number of carbonyl (C=O) groups is 1. The third kappa shape index (κ3) is 8.05. The molecule has 3 aromatic heterocycles. The van der Waals surface area contributed by atoms with E-state index in [1.165, 1.54) is 41.2 Å². The van der Waals surface area contributed by atoms with Crippen molar-refractivity contribution in [3.8, 4) is 11.7 Å². The van der Waals surface area contributed by atoms with E-state index in [9.17, 15) is 26.4 Å². The summed E-state index contributed by atoms with van der Waals surface area (Å²) in [5.41, 5.74) is -1.72. The predicted octanol–water partition coefficient (Wildman–Crippen LogP) is 5.13. The molecular weight excluding hydrogens is 635 g/mol. The lowest BCUT2D eigenvalue weighted by molar-refractivity contribution is -0.190.